The van der Waals surface area contributed by atoms with E-state index in [0.717, 1.165) is 18.5 Å². The van der Waals surface area contributed by atoms with E-state index in [4.69, 9.17) is 5.11 Å². The van der Waals surface area contributed by atoms with Gasteiger partial charge in [-0.2, -0.15) is 5.10 Å². The second kappa shape index (κ2) is 6.92. The van der Waals surface area contributed by atoms with Gasteiger partial charge in [0.1, 0.15) is 12.1 Å². The molecule has 1 fully saturated rings. The zero-order chi connectivity index (χ0) is 18.0. The smallest absolute Gasteiger partial charge is 0.325 e. The Morgan fingerprint density at radius 2 is 2.16 bits per heavy atom. The first-order valence-corrected chi connectivity index (χ1v) is 8.18. The third-order valence-electron chi connectivity index (χ3n) is 4.37. The molecule has 1 saturated heterocycles. The van der Waals surface area contributed by atoms with Gasteiger partial charge in [-0.15, -0.1) is 0 Å². The van der Waals surface area contributed by atoms with Gasteiger partial charge < -0.3 is 15.0 Å². The lowest BCUT2D eigenvalue weighted by molar-refractivity contribution is -0.137. The monoisotopic (exact) mass is 344 g/mol. The lowest BCUT2D eigenvalue weighted by atomic mass is 9.94. The lowest BCUT2D eigenvalue weighted by Crippen LogP contribution is -2.41. The van der Waals surface area contributed by atoms with Gasteiger partial charge in [-0.25, -0.2) is 0 Å². The summed E-state index contributed by atoms with van der Waals surface area (Å²) in [5.41, 5.74) is 1.25. The second-order valence-electron chi connectivity index (χ2n) is 6.31. The minimum absolute atomic E-state index is 0.0391. The number of pyridine rings is 1. The van der Waals surface area contributed by atoms with Crippen molar-refractivity contribution in [3.8, 4) is 0 Å². The number of piperidine rings is 1. The van der Waals surface area contributed by atoms with Crippen molar-refractivity contribution in [3.63, 3.8) is 0 Å². The third kappa shape index (κ3) is 3.78. The molecule has 0 radical (unpaired) electrons. The van der Waals surface area contributed by atoms with Crippen LogP contribution < -0.4 is 5.56 Å². The fourth-order valence-electron chi connectivity index (χ4n) is 3.14. The highest BCUT2D eigenvalue weighted by Crippen LogP contribution is 2.26. The van der Waals surface area contributed by atoms with Crippen molar-refractivity contribution in [2.24, 2.45) is 0 Å². The van der Waals surface area contributed by atoms with Crippen molar-refractivity contribution in [1.29, 1.82) is 0 Å². The standard InChI is InChI=1S/C17H20N4O4/c1-11-4-5-13(16(24)18-11)17(25)20-7-2-3-12(9-20)14-6-8-21(19-14)10-15(22)23/h4-6,8,12H,2-3,7,9-10H2,1H3,(H,18,24)(H,22,23)/t12-/m0/s1. The van der Waals surface area contributed by atoms with E-state index in [1.165, 1.54) is 4.68 Å². The van der Waals surface area contributed by atoms with Crippen molar-refractivity contribution in [1.82, 2.24) is 19.7 Å². The number of H-pyrrole nitrogens is 1. The number of aromatic nitrogens is 3. The molecule has 25 heavy (non-hydrogen) atoms. The first kappa shape index (κ1) is 16.9. The number of carboxylic acids is 1. The van der Waals surface area contributed by atoms with E-state index in [-0.39, 0.29) is 29.5 Å². The van der Waals surface area contributed by atoms with E-state index >= 15 is 0 Å². The maximum absolute atomic E-state index is 12.7. The molecule has 2 aromatic rings. The van der Waals surface area contributed by atoms with Crippen LogP contribution in [-0.2, 0) is 11.3 Å². The van der Waals surface area contributed by atoms with Gasteiger partial charge in [0, 0.05) is 30.9 Å². The first-order valence-electron chi connectivity index (χ1n) is 8.18. The Balaban J connectivity index is 1.74. The minimum atomic E-state index is -0.950. The van der Waals surface area contributed by atoms with Crippen molar-refractivity contribution < 1.29 is 14.7 Å². The highest BCUT2D eigenvalue weighted by molar-refractivity contribution is 5.94. The highest BCUT2D eigenvalue weighted by Gasteiger charge is 2.28. The average Bonchev–Trinajstić information content (AvgIpc) is 3.02. The maximum Gasteiger partial charge on any atom is 0.325 e. The van der Waals surface area contributed by atoms with Crippen molar-refractivity contribution in [2.75, 3.05) is 13.1 Å². The van der Waals surface area contributed by atoms with Crippen molar-refractivity contribution in [2.45, 2.75) is 32.2 Å². The molecular formula is C17H20N4O4. The topological polar surface area (TPSA) is 108 Å². The van der Waals surface area contributed by atoms with Crippen LogP contribution >= 0.6 is 0 Å². The predicted molar refractivity (Wildman–Crippen MR) is 89.5 cm³/mol. The highest BCUT2D eigenvalue weighted by atomic mass is 16.4. The van der Waals surface area contributed by atoms with E-state index in [9.17, 15) is 14.4 Å². The summed E-state index contributed by atoms with van der Waals surface area (Å²) < 4.78 is 1.38. The molecule has 2 aromatic heterocycles. The van der Waals surface area contributed by atoms with Crippen molar-refractivity contribution in [3.05, 3.63) is 51.7 Å². The zero-order valence-electron chi connectivity index (χ0n) is 13.9. The Hall–Kier alpha value is -2.90. The molecule has 0 unspecified atom stereocenters. The number of aryl methyl sites for hydroxylation is 1. The summed E-state index contributed by atoms with van der Waals surface area (Å²) in [5.74, 6) is -1.19. The number of rotatable bonds is 4. The van der Waals surface area contributed by atoms with Gasteiger partial charge in [0.2, 0.25) is 0 Å². The Morgan fingerprint density at radius 3 is 2.88 bits per heavy atom. The van der Waals surface area contributed by atoms with Crippen LogP contribution in [0.3, 0.4) is 0 Å². The maximum atomic E-state index is 12.7. The Bertz CT molecular complexity index is 854. The Kier molecular flexibility index (Phi) is 4.69. The molecule has 8 nitrogen and oxygen atoms in total. The summed E-state index contributed by atoms with van der Waals surface area (Å²) in [6.45, 7) is 2.64. The molecule has 3 rings (SSSR count). The van der Waals surface area contributed by atoms with Gasteiger partial charge in [-0.3, -0.25) is 19.1 Å². The number of hydrogen-bond donors (Lipinski definition) is 2. The Morgan fingerprint density at radius 1 is 1.36 bits per heavy atom. The van der Waals surface area contributed by atoms with Crippen LogP contribution in [0.2, 0.25) is 0 Å². The predicted octanol–water partition coefficient (Wildman–Crippen LogP) is 0.984. The van der Waals surface area contributed by atoms with Gasteiger partial charge in [0.15, 0.2) is 0 Å². The van der Waals surface area contributed by atoms with Gasteiger partial charge in [0.25, 0.3) is 11.5 Å². The number of nitrogens with zero attached hydrogens (tertiary/aromatic N) is 3. The molecule has 0 aliphatic carbocycles. The SMILES string of the molecule is Cc1ccc(C(=O)N2CCC[C@H](c3ccn(CC(=O)O)n3)C2)c(=O)[nH]1. The van der Waals surface area contributed by atoms with E-state index < -0.39 is 5.97 Å². The van der Waals surface area contributed by atoms with Gasteiger partial charge in [0.05, 0.1) is 5.69 Å². The van der Waals surface area contributed by atoms with Crippen LogP contribution in [0.1, 0.15) is 40.5 Å². The molecule has 0 bridgehead atoms. The van der Waals surface area contributed by atoms with E-state index in [0.29, 0.717) is 18.8 Å². The van der Waals surface area contributed by atoms with Crippen molar-refractivity contribution >= 4 is 11.9 Å². The molecule has 2 N–H and O–H groups in total. The molecule has 3 heterocycles. The third-order valence-corrected chi connectivity index (χ3v) is 4.37. The van der Waals surface area contributed by atoms with Crippen LogP contribution in [0.4, 0.5) is 0 Å². The fourth-order valence-corrected chi connectivity index (χ4v) is 3.14. The summed E-state index contributed by atoms with van der Waals surface area (Å²) in [6.07, 6.45) is 3.32. The molecule has 1 aliphatic rings. The number of aromatic amines is 1. The number of carboxylic acid groups (broad SMARTS) is 1. The Labute approximate surface area is 144 Å². The molecule has 0 spiro atoms. The number of amides is 1. The number of carbonyl (C=O) groups excluding carboxylic acids is 1. The molecule has 8 heteroatoms. The van der Waals surface area contributed by atoms with E-state index in [1.807, 2.05) is 0 Å². The summed E-state index contributed by atoms with van der Waals surface area (Å²) in [4.78, 5) is 39.8. The molecular weight excluding hydrogens is 324 g/mol. The first-order chi connectivity index (χ1) is 11.9. The summed E-state index contributed by atoms with van der Waals surface area (Å²) in [5, 5.41) is 13.1. The number of aliphatic carboxylic acids is 1. The number of nitrogens with one attached hydrogen (secondary N) is 1. The van der Waals surface area contributed by atoms with Crippen LogP contribution in [0, 0.1) is 6.92 Å². The average molecular weight is 344 g/mol. The van der Waals surface area contributed by atoms with Gasteiger partial charge >= 0.3 is 5.97 Å². The summed E-state index contributed by atoms with van der Waals surface area (Å²) >= 11 is 0. The molecule has 1 aliphatic heterocycles. The summed E-state index contributed by atoms with van der Waals surface area (Å²) in [7, 11) is 0. The zero-order valence-corrected chi connectivity index (χ0v) is 13.9. The molecule has 132 valence electrons. The van der Waals surface area contributed by atoms with Crippen LogP contribution in [0.25, 0.3) is 0 Å². The fraction of sp³-hybridized carbons (Fsp3) is 0.412. The van der Waals surface area contributed by atoms with E-state index in [1.54, 1.807) is 36.2 Å². The van der Waals surface area contributed by atoms with Crippen LogP contribution in [-0.4, -0.2) is 49.7 Å². The molecule has 0 saturated carbocycles. The van der Waals surface area contributed by atoms with Crippen LogP contribution in [0.5, 0.6) is 0 Å². The lowest BCUT2D eigenvalue weighted by Gasteiger charge is -2.31. The summed E-state index contributed by atoms with van der Waals surface area (Å²) in [6, 6.07) is 5.06. The second-order valence-corrected chi connectivity index (χ2v) is 6.31. The number of carbonyl (C=O) groups is 2. The normalized spacial score (nSPS) is 17.5. The molecule has 0 aromatic carbocycles. The molecule has 1 amide bonds. The number of likely N-dealkylation sites (tertiary alicyclic amines) is 1. The van der Waals surface area contributed by atoms with Gasteiger partial charge in [-0.05, 0) is 38.0 Å². The van der Waals surface area contributed by atoms with Crippen LogP contribution in [0.15, 0.2) is 29.2 Å². The quantitative estimate of drug-likeness (QED) is 0.860. The van der Waals surface area contributed by atoms with E-state index in [2.05, 4.69) is 10.1 Å². The minimum Gasteiger partial charge on any atom is -0.480 e. The van der Waals surface area contributed by atoms with Gasteiger partial charge in [-0.1, -0.05) is 0 Å². The number of hydrogen-bond acceptors (Lipinski definition) is 4. The largest absolute Gasteiger partial charge is 0.480 e. The molecule has 1 atom stereocenters.